The van der Waals surface area contributed by atoms with Crippen molar-refractivity contribution < 1.29 is 13.3 Å². The van der Waals surface area contributed by atoms with Crippen LogP contribution in [0.3, 0.4) is 0 Å². The van der Waals surface area contributed by atoms with E-state index in [1.165, 1.54) is 4.90 Å². The Balaban J connectivity index is 2.31. The standard InChI is InChI=1S/C16H28O3SSi/c1-4-17-21(18-5-2,19-6-3)15-11-10-14-20-16-12-8-7-9-13-16/h7-9,12-13H,4-6,10-11,14-15H2,1-3H3. The van der Waals surface area contributed by atoms with Crippen LogP contribution in [-0.4, -0.2) is 34.4 Å². The van der Waals surface area contributed by atoms with Gasteiger partial charge in [-0.2, -0.15) is 0 Å². The molecule has 5 heteroatoms. The third-order valence-corrected chi connectivity index (χ3v) is 7.23. The first-order valence-electron chi connectivity index (χ1n) is 7.86. The van der Waals surface area contributed by atoms with Crippen LogP contribution < -0.4 is 0 Å². The van der Waals surface area contributed by atoms with Gasteiger partial charge in [0, 0.05) is 30.8 Å². The largest absolute Gasteiger partial charge is 0.500 e. The smallest absolute Gasteiger partial charge is 0.374 e. The Morgan fingerprint density at radius 3 is 1.95 bits per heavy atom. The maximum atomic E-state index is 5.86. The van der Waals surface area contributed by atoms with Gasteiger partial charge >= 0.3 is 8.80 Å². The highest BCUT2D eigenvalue weighted by atomic mass is 32.2. The molecule has 0 saturated carbocycles. The van der Waals surface area contributed by atoms with Crippen LogP contribution in [0.4, 0.5) is 0 Å². The number of rotatable bonds is 12. The zero-order valence-electron chi connectivity index (χ0n) is 13.5. The fourth-order valence-corrected chi connectivity index (χ4v) is 5.77. The predicted molar refractivity (Wildman–Crippen MR) is 91.8 cm³/mol. The first-order chi connectivity index (χ1) is 10.3. The highest BCUT2D eigenvalue weighted by molar-refractivity contribution is 7.99. The molecule has 3 nitrogen and oxygen atoms in total. The lowest BCUT2D eigenvalue weighted by Gasteiger charge is -2.28. The van der Waals surface area contributed by atoms with Gasteiger partial charge in [-0.25, -0.2) is 0 Å². The summed E-state index contributed by atoms with van der Waals surface area (Å²) in [4.78, 5) is 1.33. The zero-order valence-corrected chi connectivity index (χ0v) is 15.3. The van der Waals surface area contributed by atoms with E-state index in [0.29, 0.717) is 19.8 Å². The molecule has 0 radical (unpaired) electrons. The lowest BCUT2D eigenvalue weighted by Crippen LogP contribution is -2.45. The van der Waals surface area contributed by atoms with Crippen LogP contribution in [0.1, 0.15) is 33.6 Å². The zero-order chi connectivity index (χ0) is 15.4. The molecule has 1 aromatic carbocycles. The normalized spacial score (nSPS) is 11.8. The quantitative estimate of drug-likeness (QED) is 0.318. The van der Waals surface area contributed by atoms with Crippen LogP contribution in [0.15, 0.2) is 35.2 Å². The summed E-state index contributed by atoms with van der Waals surface area (Å²) in [7, 11) is -2.43. The second-order valence-corrected chi connectivity index (χ2v) is 8.50. The summed E-state index contributed by atoms with van der Waals surface area (Å²) in [5.41, 5.74) is 0. The minimum absolute atomic E-state index is 0.658. The van der Waals surface area contributed by atoms with Crippen LogP contribution in [0.2, 0.25) is 6.04 Å². The summed E-state index contributed by atoms with van der Waals surface area (Å²) < 4.78 is 17.6. The Morgan fingerprint density at radius 2 is 1.43 bits per heavy atom. The minimum Gasteiger partial charge on any atom is -0.374 e. The van der Waals surface area contributed by atoms with Gasteiger partial charge in [0.05, 0.1) is 0 Å². The van der Waals surface area contributed by atoms with Gasteiger partial charge in [0.2, 0.25) is 0 Å². The van der Waals surface area contributed by atoms with Crippen LogP contribution in [0.5, 0.6) is 0 Å². The second-order valence-electron chi connectivity index (χ2n) is 4.60. The molecule has 0 saturated heterocycles. The molecular formula is C16H28O3SSi. The number of hydrogen-bond acceptors (Lipinski definition) is 4. The molecule has 0 bridgehead atoms. The molecule has 0 fully saturated rings. The molecule has 0 aliphatic heterocycles. The van der Waals surface area contributed by atoms with Gasteiger partial charge in [-0.05, 0) is 51.5 Å². The minimum atomic E-state index is -2.43. The molecule has 0 amide bonds. The van der Waals surface area contributed by atoms with Crippen molar-refractivity contribution >= 4 is 20.6 Å². The summed E-state index contributed by atoms with van der Waals surface area (Å²) in [5, 5.41) is 0. The monoisotopic (exact) mass is 328 g/mol. The molecule has 0 unspecified atom stereocenters. The van der Waals surface area contributed by atoms with E-state index in [0.717, 1.165) is 24.6 Å². The molecule has 0 aromatic heterocycles. The fraction of sp³-hybridized carbons (Fsp3) is 0.625. The fourth-order valence-electron chi connectivity index (χ4n) is 2.15. The lowest BCUT2D eigenvalue weighted by atomic mass is 10.4. The van der Waals surface area contributed by atoms with Gasteiger partial charge in [-0.1, -0.05) is 18.2 Å². The first-order valence-corrected chi connectivity index (χ1v) is 10.8. The maximum Gasteiger partial charge on any atom is 0.500 e. The number of hydrogen-bond donors (Lipinski definition) is 0. The topological polar surface area (TPSA) is 27.7 Å². The van der Waals surface area contributed by atoms with E-state index < -0.39 is 8.80 Å². The van der Waals surface area contributed by atoms with E-state index in [9.17, 15) is 0 Å². The summed E-state index contributed by atoms with van der Waals surface area (Å²) in [5.74, 6) is 1.12. The highest BCUT2D eigenvalue weighted by Gasteiger charge is 2.39. The van der Waals surface area contributed by atoms with Crippen molar-refractivity contribution in [3.63, 3.8) is 0 Å². The molecule has 0 atom stereocenters. The van der Waals surface area contributed by atoms with Crippen molar-refractivity contribution in [1.82, 2.24) is 0 Å². The average Bonchev–Trinajstić information content (AvgIpc) is 2.49. The molecule has 120 valence electrons. The van der Waals surface area contributed by atoms with Crippen LogP contribution in [0, 0.1) is 0 Å². The van der Waals surface area contributed by atoms with Crippen LogP contribution >= 0.6 is 11.8 Å². The molecule has 0 heterocycles. The Morgan fingerprint density at radius 1 is 0.857 bits per heavy atom. The molecule has 1 aromatic rings. The van der Waals surface area contributed by atoms with Gasteiger partial charge in [0.15, 0.2) is 0 Å². The van der Waals surface area contributed by atoms with Crippen molar-refractivity contribution in [3.8, 4) is 0 Å². The number of thioether (sulfide) groups is 1. The van der Waals surface area contributed by atoms with Gasteiger partial charge < -0.3 is 13.3 Å². The van der Waals surface area contributed by atoms with Crippen molar-refractivity contribution in [2.75, 3.05) is 25.6 Å². The van der Waals surface area contributed by atoms with E-state index in [1.807, 2.05) is 32.5 Å². The van der Waals surface area contributed by atoms with Crippen molar-refractivity contribution in [2.24, 2.45) is 0 Å². The Kier molecular flexibility index (Phi) is 10.0. The Labute approximate surface area is 134 Å². The molecule has 0 aliphatic rings. The Bertz CT molecular complexity index is 345. The van der Waals surface area contributed by atoms with E-state index in [2.05, 4.69) is 30.3 Å². The molecule has 0 spiro atoms. The van der Waals surface area contributed by atoms with E-state index in [1.54, 1.807) is 0 Å². The van der Waals surface area contributed by atoms with Crippen LogP contribution in [0.25, 0.3) is 0 Å². The van der Waals surface area contributed by atoms with E-state index >= 15 is 0 Å². The van der Waals surface area contributed by atoms with Crippen LogP contribution in [-0.2, 0) is 13.3 Å². The summed E-state index contributed by atoms with van der Waals surface area (Å²) in [6.45, 7) is 7.99. The number of unbranched alkanes of at least 4 members (excludes halogenated alkanes) is 1. The molecular weight excluding hydrogens is 300 g/mol. The SMILES string of the molecule is CCO[Si](CCCCSc1ccccc1)(OCC)OCC. The predicted octanol–water partition coefficient (Wildman–Crippen LogP) is 4.61. The number of benzene rings is 1. The van der Waals surface area contributed by atoms with E-state index in [-0.39, 0.29) is 0 Å². The van der Waals surface area contributed by atoms with Crippen molar-refractivity contribution in [1.29, 1.82) is 0 Å². The third kappa shape index (κ3) is 7.47. The lowest BCUT2D eigenvalue weighted by molar-refractivity contribution is 0.0708. The van der Waals surface area contributed by atoms with Gasteiger partial charge in [0.1, 0.15) is 0 Å². The molecule has 0 aliphatic carbocycles. The van der Waals surface area contributed by atoms with Gasteiger partial charge in [-0.15, -0.1) is 11.8 Å². The second kappa shape index (κ2) is 11.3. The summed E-state index contributed by atoms with van der Waals surface area (Å²) in [6, 6.07) is 11.4. The average molecular weight is 329 g/mol. The Hall–Kier alpha value is -0.333. The molecule has 0 N–H and O–H groups in total. The molecule has 21 heavy (non-hydrogen) atoms. The first kappa shape index (κ1) is 18.7. The summed E-state index contributed by atoms with van der Waals surface area (Å²) >= 11 is 1.90. The highest BCUT2D eigenvalue weighted by Crippen LogP contribution is 2.22. The van der Waals surface area contributed by atoms with E-state index in [4.69, 9.17) is 13.3 Å². The maximum absolute atomic E-state index is 5.86. The van der Waals surface area contributed by atoms with Gasteiger partial charge in [0.25, 0.3) is 0 Å². The summed E-state index contributed by atoms with van der Waals surface area (Å²) in [6.07, 6.45) is 2.24. The molecule has 1 rings (SSSR count). The van der Waals surface area contributed by atoms with Gasteiger partial charge in [-0.3, -0.25) is 0 Å². The third-order valence-electron chi connectivity index (χ3n) is 2.98. The van der Waals surface area contributed by atoms with Crippen molar-refractivity contribution in [3.05, 3.63) is 30.3 Å². The van der Waals surface area contributed by atoms with Crippen molar-refractivity contribution in [2.45, 2.75) is 44.6 Å².